The Bertz CT molecular complexity index is 1240. The molecule has 3 heterocycles. The second-order valence-corrected chi connectivity index (χ2v) is 9.89. The molecule has 36 heavy (non-hydrogen) atoms. The Kier molecular flexibility index (Phi) is 6.10. The van der Waals surface area contributed by atoms with Crippen LogP contribution in [-0.4, -0.2) is 79.8 Å². The summed E-state index contributed by atoms with van der Waals surface area (Å²) in [4.78, 5) is 50.8. The number of ether oxygens (including phenoxy) is 1. The molecular formula is C23H22N6O6S. The standard InChI is InChI=1S/C23H22N6O6S/c24-18-19(30)26-14-23(36-20(18)26,21(31)35-13-16-6-8-17(9-7-16)29(33)34)27-10-11-28(22(27)32)25-12-15-4-2-1-3-5-15/h1-9,12,18,20H,10-11,13-14,24H2/t18-,20-,23-/m1/s1. The normalized spacial score (nSPS) is 25.3. The van der Waals surface area contributed by atoms with Crippen LogP contribution >= 0.6 is 11.8 Å². The molecule has 3 atom stereocenters. The van der Waals surface area contributed by atoms with Crippen LogP contribution in [0.5, 0.6) is 0 Å². The molecular weight excluding hydrogens is 488 g/mol. The van der Waals surface area contributed by atoms with Gasteiger partial charge < -0.3 is 15.4 Å². The van der Waals surface area contributed by atoms with Crippen LogP contribution in [0.25, 0.3) is 0 Å². The second kappa shape index (κ2) is 9.24. The summed E-state index contributed by atoms with van der Waals surface area (Å²) in [6, 6.07) is 13.7. The smallest absolute Gasteiger partial charge is 0.345 e. The summed E-state index contributed by atoms with van der Waals surface area (Å²) >= 11 is 1.13. The van der Waals surface area contributed by atoms with E-state index in [1.807, 2.05) is 30.3 Å². The lowest BCUT2D eigenvalue weighted by atomic mass is 10.1. The molecule has 186 valence electrons. The van der Waals surface area contributed by atoms with Crippen molar-refractivity contribution in [1.82, 2.24) is 14.8 Å². The molecule has 3 fully saturated rings. The molecule has 3 aliphatic rings. The van der Waals surface area contributed by atoms with Crippen molar-refractivity contribution < 1.29 is 24.0 Å². The summed E-state index contributed by atoms with van der Waals surface area (Å²) < 4.78 is 5.58. The average Bonchev–Trinajstić information content (AvgIpc) is 3.46. The lowest BCUT2D eigenvalue weighted by Crippen LogP contribution is -2.65. The summed E-state index contributed by atoms with van der Waals surface area (Å²) in [6.45, 7) is 0.261. The first-order chi connectivity index (χ1) is 17.3. The van der Waals surface area contributed by atoms with Gasteiger partial charge in [-0.15, -0.1) is 0 Å². The molecule has 2 aromatic carbocycles. The van der Waals surface area contributed by atoms with Gasteiger partial charge in [-0.2, -0.15) is 5.10 Å². The number of amides is 3. The monoisotopic (exact) mass is 510 g/mol. The number of nitrogens with zero attached hydrogens (tertiary/aromatic N) is 5. The Hall–Kier alpha value is -3.97. The van der Waals surface area contributed by atoms with Gasteiger partial charge in [-0.1, -0.05) is 42.1 Å². The van der Waals surface area contributed by atoms with E-state index in [0.717, 1.165) is 17.3 Å². The number of β-lactam (4-membered cyclic amide) rings is 1. The zero-order chi connectivity index (χ0) is 25.4. The highest BCUT2D eigenvalue weighted by molar-refractivity contribution is 8.02. The third kappa shape index (κ3) is 4.05. The Labute approximate surface area is 209 Å². The fraction of sp³-hybridized carbons (Fsp3) is 0.304. The van der Waals surface area contributed by atoms with E-state index in [9.17, 15) is 24.5 Å². The third-order valence-electron chi connectivity index (χ3n) is 6.29. The number of rotatable bonds is 7. The quantitative estimate of drug-likeness (QED) is 0.193. The Balaban J connectivity index is 1.35. The minimum atomic E-state index is -1.48. The number of nitrogens with two attached hydrogens (primary N) is 1. The van der Waals surface area contributed by atoms with Crippen LogP contribution in [0.15, 0.2) is 59.7 Å². The first-order valence-corrected chi connectivity index (χ1v) is 12.0. The number of carbonyl (C=O) groups excluding carboxylic acids is 3. The zero-order valence-electron chi connectivity index (χ0n) is 18.9. The molecule has 0 unspecified atom stereocenters. The van der Waals surface area contributed by atoms with Gasteiger partial charge in [-0.05, 0) is 23.3 Å². The predicted molar refractivity (Wildman–Crippen MR) is 130 cm³/mol. The van der Waals surface area contributed by atoms with E-state index in [2.05, 4.69) is 5.10 Å². The molecule has 0 aromatic heterocycles. The van der Waals surface area contributed by atoms with Gasteiger partial charge in [0.25, 0.3) is 5.69 Å². The van der Waals surface area contributed by atoms with Gasteiger partial charge in [0.1, 0.15) is 18.0 Å². The minimum Gasteiger partial charge on any atom is -0.458 e. The van der Waals surface area contributed by atoms with Crippen LogP contribution < -0.4 is 5.73 Å². The van der Waals surface area contributed by atoms with Crippen LogP contribution in [0.3, 0.4) is 0 Å². The Morgan fingerprint density at radius 2 is 1.92 bits per heavy atom. The number of thioether (sulfide) groups is 1. The van der Waals surface area contributed by atoms with Gasteiger partial charge in [0, 0.05) is 18.7 Å². The molecule has 5 rings (SSSR count). The minimum absolute atomic E-state index is 0.0457. The summed E-state index contributed by atoms with van der Waals surface area (Å²) in [5.41, 5.74) is 7.23. The zero-order valence-corrected chi connectivity index (χ0v) is 19.7. The maximum absolute atomic E-state index is 13.5. The number of fused-ring (bicyclic) bond motifs is 1. The number of urea groups is 1. The predicted octanol–water partition coefficient (Wildman–Crippen LogP) is 1.35. The third-order valence-corrected chi connectivity index (χ3v) is 7.98. The first-order valence-electron chi connectivity index (χ1n) is 11.1. The van der Waals surface area contributed by atoms with E-state index in [4.69, 9.17) is 10.5 Å². The molecule has 0 bridgehead atoms. The van der Waals surface area contributed by atoms with Crippen LogP contribution in [-0.2, 0) is 20.9 Å². The number of esters is 1. The molecule has 0 saturated carbocycles. The highest BCUT2D eigenvalue weighted by atomic mass is 32.2. The lowest BCUT2D eigenvalue weighted by Gasteiger charge is -2.38. The van der Waals surface area contributed by atoms with Crippen molar-refractivity contribution >= 4 is 41.6 Å². The number of benzene rings is 2. The molecule has 0 radical (unpaired) electrons. The number of nitro benzene ring substituents is 1. The highest BCUT2D eigenvalue weighted by Crippen LogP contribution is 2.49. The van der Waals surface area contributed by atoms with Crippen molar-refractivity contribution in [3.8, 4) is 0 Å². The fourth-order valence-electron chi connectivity index (χ4n) is 4.31. The number of hydrogen-bond donors (Lipinski definition) is 1. The molecule has 12 nitrogen and oxygen atoms in total. The van der Waals surface area contributed by atoms with E-state index in [-0.39, 0.29) is 37.8 Å². The largest absolute Gasteiger partial charge is 0.458 e. The number of hydrogen-bond acceptors (Lipinski definition) is 9. The van der Waals surface area contributed by atoms with E-state index in [0.29, 0.717) is 5.56 Å². The molecule has 3 aliphatic heterocycles. The number of carbonyl (C=O) groups is 3. The van der Waals surface area contributed by atoms with Gasteiger partial charge in [0.15, 0.2) is 0 Å². The fourth-order valence-corrected chi connectivity index (χ4v) is 5.95. The molecule has 0 aliphatic carbocycles. The maximum atomic E-state index is 13.5. The van der Waals surface area contributed by atoms with Gasteiger partial charge in [0.2, 0.25) is 10.8 Å². The van der Waals surface area contributed by atoms with Gasteiger partial charge in [0.05, 0.1) is 24.2 Å². The van der Waals surface area contributed by atoms with Crippen molar-refractivity contribution in [2.75, 3.05) is 19.6 Å². The van der Waals surface area contributed by atoms with Crippen LogP contribution in [0, 0.1) is 10.1 Å². The maximum Gasteiger partial charge on any atom is 0.345 e. The topological polar surface area (TPSA) is 152 Å². The molecule has 3 amide bonds. The van der Waals surface area contributed by atoms with Crippen LogP contribution in [0.2, 0.25) is 0 Å². The number of non-ortho nitro benzene ring substituents is 1. The van der Waals surface area contributed by atoms with Gasteiger partial charge in [-0.3, -0.25) is 19.8 Å². The summed E-state index contributed by atoms with van der Waals surface area (Å²) in [6.07, 6.45) is 1.56. The van der Waals surface area contributed by atoms with Crippen molar-refractivity contribution in [3.05, 3.63) is 75.8 Å². The van der Waals surface area contributed by atoms with Crippen LogP contribution in [0.1, 0.15) is 11.1 Å². The van der Waals surface area contributed by atoms with Crippen molar-refractivity contribution in [2.45, 2.75) is 22.9 Å². The number of hydrazone groups is 1. The molecule has 2 aromatic rings. The van der Waals surface area contributed by atoms with Crippen molar-refractivity contribution in [3.63, 3.8) is 0 Å². The van der Waals surface area contributed by atoms with Gasteiger partial charge >= 0.3 is 12.0 Å². The lowest BCUT2D eigenvalue weighted by molar-refractivity contribution is -0.384. The summed E-state index contributed by atoms with van der Waals surface area (Å²) in [5, 5.41) is 16.0. The molecule has 3 saturated heterocycles. The molecule has 13 heteroatoms. The SMILES string of the molecule is N[C@@H]1C(=O)N2C[C@@](C(=O)OCc3ccc([N+](=O)[O-])cc3)(N3CCN(N=Cc4ccccc4)C3=O)S[C@H]12. The first kappa shape index (κ1) is 23.8. The van der Waals surface area contributed by atoms with Crippen LogP contribution in [0.4, 0.5) is 10.5 Å². The summed E-state index contributed by atoms with van der Waals surface area (Å²) in [7, 11) is 0. The van der Waals surface area contributed by atoms with E-state index < -0.39 is 33.2 Å². The van der Waals surface area contributed by atoms with E-state index >= 15 is 0 Å². The Morgan fingerprint density at radius 1 is 1.19 bits per heavy atom. The summed E-state index contributed by atoms with van der Waals surface area (Å²) in [5.74, 6) is -0.981. The Morgan fingerprint density at radius 3 is 2.58 bits per heavy atom. The van der Waals surface area contributed by atoms with Gasteiger partial charge in [-0.25, -0.2) is 14.6 Å². The number of nitro groups is 1. The van der Waals surface area contributed by atoms with Crippen molar-refractivity contribution in [2.24, 2.45) is 10.8 Å². The molecule has 2 N–H and O–H groups in total. The highest BCUT2D eigenvalue weighted by Gasteiger charge is 2.65. The van der Waals surface area contributed by atoms with E-state index in [1.165, 1.54) is 39.1 Å². The average molecular weight is 511 g/mol. The van der Waals surface area contributed by atoms with Crippen molar-refractivity contribution in [1.29, 1.82) is 0 Å². The van der Waals surface area contributed by atoms with E-state index in [1.54, 1.807) is 6.21 Å². The second-order valence-electron chi connectivity index (χ2n) is 8.50. The molecule has 0 spiro atoms.